The van der Waals surface area contributed by atoms with E-state index in [1.807, 2.05) is 36.4 Å². The van der Waals surface area contributed by atoms with Crippen molar-refractivity contribution in [2.45, 2.75) is 0 Å². The van der Waals surface area contributed by atoms with Crippen LogP contribution < -0.4 is 15.4 Å². The molecule has 0 aliphatic heterocycles. The molecular weight excluding hydrogens is 278 g/mol. The number of hydrogen-bond donors (Lipinski definition) is 2. The second kappa shape index (κ2) is 7.50. The Balaban J connectivity index is 2.02. The number of anilines is 1. The average molecular weight is 293 g/mol. The Bertz CT molecular complexity index is 701. The molecule has 0 saturated carbocycles. The lowest BCUT2D eigenvalue weighted by molar-refractivity contribution is -0.112. The van der Waals surface area contributed by atoms with Gasteiger partial charge < -0.3 is 15.4 Å². The van der Waals surface area contributed by atoms with Crippen molar-refractivity contribution in [2.75, 3.05) is 12.4 Å². The number of ether oxygens (including phenoxy) is 1. The fourth-order valence-electron chi connectivity index (χ4n) is 1.72. The van der Waals surface area contributed by atoms with Crippen LogP contribution in [0.4, 0.5) is 5.69 Å². The van der Waals surface area contributed by atoms with Crippen LogP contribution in [0.1, 0.15) is 0 Å². The third-order valence-corrected chi connectivity index (χ3v) is 2.74. The first kappa shape index (κ1) is 15.1. The van der Waals surface area contributed by atoms with Crippen molar-refractivity contribution in [1.29, 1.82) is 5.26 Å². The fourth-order valence-corrected chi connectivity index (χ4v) is 1.72. The number of benzene rings is 2. The van der Waals surface area contributed by atoms with Gasteiger partial charge >= 0.3 is 0 Å². The number of nitriles is 1. The topological polar surface area (TPSA) is 74.2 Å². The minimum Gasteiger partial charge on any atom is -0.457 e. The van der Waals surface area contributed by atoms with Crippen LogP contribution in [0, 0.1) is 11.3 Å². The first-order chi connectivity index (χ1) is 10.7. The number of carbonyl (C=O) groups excluding carboxylic acids is 1. The van der Waals surface area contributed by atoms with E-state index in [-0.39, 0.29) is 5.57 Å². The average Bonchev–Trinajstić information content (AvgIpc) is 2.55. The molecule has 0 fully saturated rings. The normalized spacial score (nSPS) is 10.5. The highest BCUT2D eigenvalue weighted by molar-refractivity contribution is 6.06. The molecule has 2 aromatic rings. The van der Waals surface area contributed by atoms with Crippen LogP contribution in [-0.4, -0.2) is 13.0 Å². The lowest BCUT2D eigenvalue weighted by Gasteiger charge is -2.07. The molecule has 2 N–H and O–H groups in total. The van der Waals surface area contributed by atoms with E-state index in [4.69, 9.17) is 10.00 Å². The Morgan fingerprint density at radius 3 is 2.32 bits per heavy atom. The quantitative estimate of drug-likeness (QED) is 0.656. The largest absolute Gasteiger partial charge is 0.457 e. The van der Waals surface area contributed by atoms with Crippen LogP contribution in [0.2, 0.25) is 0 Å². The van der Waals surface area contributed by atoms with Crippen molar-refractivity contribution < 1.29 is 9.53 Å². The summed E-state index contributed by atoms with van der Waals surface area (Å²) in [5.41, 5.74) is 0.592. The van der Waals surface area contributed by atoms with Crippen LogP contribution in [0.15, 0.2) is 66.4 Å². The van der Waals surface area contributed by atoms with Crippen LogP contribution >= 0.6 is 0 Å². The molecule has 0 bridgehead atoms. The highest BCUT2D eigenvalue weighted by atomic mass is 16.5. The van der Waals surface area contributed by atoms with Crippen molar-refractivity contribution in [3.05, 3.63) is 66.4 Å². The first-order valence-electron chi connectivity index (χ1n) is 6.65. The standard InChI is InChI=1S/C17H15N3O2/c1-19-12-13(11-18)17(21)20-14-7-9-16(10-8-14)22-15-5-3-2-4-6-15/h2-10,12,19H,1H3,(H,20,21)/b13-12-. The lowest BCUT2D eigenvalue weighted by atomic mass is 10.2. The molecule has 0 unspecified atom stereocenters. The molecule has 110 valence electrons. The van der Waals surface area contributed by atoms with E-state index in [9.17, 15) is 4.79 Å². The van der Waals surface area contributed by atoms with Gasteiger partial charge in [-0.2, -0.15) is 5.26 Å². The Morgan fingerprint density at radius 2 is 1.73 bits per heavy atom. The lowest BCUT2D eigenvalue weighted by Crippen LogP contribution is -2.15. The summed E-state index contributed by atoms with van der Waals surface area (Å²) in [4.78, 5) is 11.8. The predicted octanol–water partition coefficient (Wildman–Crippen LogP) is 3.04. The van der Waals surface area contributed by atoms with Gasteiger partial charge in [0, 0.05) is 18.9 Å². The van der Waals surface area contributed by atoms with Crippen LogP contribution in [0.5, 0.6) is 11.5 Å². The number of hydrogen-bond acceptors (Lipinski definition) is 4. The molecule has 0 aromatic heterocycles. The van der Waals surface area contributed by atoms with Gasteiger partial charge in [0.2, 0.25) is 0 Å². The van der Waals surface area contributed by atoms with E-state index in [1.165, 1.54) is 6.20 Å². The molecule has 2 rings (SSSR count). The molecular formula is C17H15N3O2. The van der Waals surface area contributed by atoms with Gasteiger partial charge in [-0.15, -0.1) is 0 Å². The third kappa shape index (κ3) is 4.12. The number of carbonyl (C=O) groups is 1. The Kier molecular flexibility index (Phi) is 5.16. The molecule has 0 saturated heterocycles. The minimum absolute atomic E-state index is 0.00659. The summed E-state index contributed by atoms with van der Waals surface area (Å²) in [5.74, 6) is 0.937. The van der Waals surface area contributed by atoms with E-state index in [0.29, 0.717) is 11.4 Å². The minimum atomic E-state index is -0.464. The molecule has 0 radical (unpaired) electrons. The van der Waals surface area contributed by atoms with Crippen LogP contribution in [0.3, 0.4) is 0 Å². The number of nitrogens with one attached hydrogen (secondary N) is 2. The van der Waals surface area contributed by atoms with Crippen LogP contribution in [0.25, 0.3) is 0 Å². The van der Waals surface area contributed by atoms with E-state index < -0.39 is 5.91 Å². The monoisotopic (exact) mass is 293 g/mol. The van der Waals surface area contributed by atoms with Crippen molar-refractivity contribution in [3.8, 4) is 17.6 Å². The van der Waals surface area contributed by atoms with Crippen molar-refractivity contribution in [2.24, 2.45) is 0 Å². The van der Waals surface area contributed by atoms with Gasteiger partial charge in [-0.1, -0.05) is 18.2 Å². The van der Waals surface area contributed by atoms with Gasteiger partial charge in [0.1, 0.15) is 23.1 Å². The first-order valence-corrected chi connectivity index (χ1v) is 6.65. The molecule has 5 nitrogen and oxygen atoms in total. The fraction of sp³-hybridized carbons (Fsp3) is 0.0588. The number of nitrogens with zero attached hydrogens (tertiary/aromatic N) is 1. The summed E-state index contributed by atoms with van der Waals surface area (Å²) in [5, 5.41) is 14.2. The van der Waals surface area contributed by atoms with E-state index in [2.05, 4.69) is 10.6 Å². The van der Waals surface area contributed by atoms with Gasteiger partial charge in [-0.05, 0) is 36.4 Å². The van der Waals surface area contributed by atoms with Gasteiger partial charge in [0.25, 0.3) is 5.91 Å². The van der Waals surface area contributed by atoms with Crippen molar-refractivity contribution >= 4 is 11.6 Å². The molecule has 0 aliphatic carbocycles. The van der Waals surface area contributed by atoms with E-state index in [1.54, 1.807) is 31.3 Å². The maximum Gasteiger partial charge on any atom is 0.267 e. The summed E-state index contributed by atoms with van der Waals surface area (Å²) >= 11 is 0. The summed E-state index contributed by atoms with van der Waals surface area (Å²) in [6, 6.07) is 18.2. The second-order valence-corrected chi connectivity index (χ2v) is 4.35. The highest BCUT2D eigenvalue weighted by Gasteiger charge is 2.08. The van der Waals surface area contributed by atoms with Gasteiger partial charge in [0.15, 0.2) is 0 Å². The zero-order chi connectivity index (χ0) is 15.8. The molecule has 1 amide bonds. The summed E-state index contributed by atoms with van der Waals surface area (Å²) in [6.45, 7) is 0. The van der Waals surface area contributed by atoms with E-state index in [0.717, 1.165) is 5.75 Å². The van der Waals surface area contributed by atoms with E-state index >= 15 is 0 Å². The zero-order valence-electron chi connectivity index (χ0n) is 12.0. The molecule has 0 aliphatic rings. The molecule has 0 atom stereocenters. The number of rotatable bonds is 5. The maximum absolute atomic E-state index is 11.8. The SMILES string of the molecule is CN/C=C(/C#N)C(=O)Nc1ccc(Oc2ccccc2)cc1. The molecule has 5 heteroatoms. The Morgan fingerprint density at radius 1 is 1.09 bits per heavy atom. The Hall–Kier alpha value is -3.26. The molecule has 2 aromatic carbocycles. The summed E-state index contributed by atoms with van der Waals surface area (Å²) in [6.07, 6.45) is 1.35. The van der Waals surface area contributed by atoms with Gasteiger partial charge in [0.05, 0.1) is 0 Å². The maximum atomic E-state index is 11.8. The van der Waals surface area contributed by atoms with Crippen molar-refractivity contribution in [3.63, 3.8) is 0 Å². The van der Waals surface area contributed by atoms with Gasteiger partial charge in [-0.3, -0.25) is 4.79 Å². The van der Waals surface area contributed by atoms with Crippen LogP contribution in [-0.2, 0) is 4.79 Å². The summed E-state index contributed by atoms with van der Waals surface area (Å²) < 4.78 is 5.66. The number of para-hydroxylation sites is 1. The molecule has 22 heavy (non-hydrogen) atoms. The van der Waals surface area contributed by atoms with Gasteiger partial charge in [-0.25, -0.2) is 0 Å². The smallest absolute Gasteiger partial charge is 0.267 e. The second-order valence-electron chi connectivity index (χ2n) is 4.35. The summed E-state index contributed by atoms with van der Waals surface area (Å²) in [7, 11) is 1.63. The molecule has 0 spiro atoms. The molecule has 0 heterocycles. The third-order valence-electron chi connectivity index (χ3n) is 2.74. The predicted molar refractivity (Wildman–Crippen MR) is 84.3 cm³/mol. The number of amides is 1. The highest BCUT2D eigenvalue weighted by Crippen LogP contribution is 2.22. The Labute approximate surface area is 128 Å². The zero-order valence-corrected chi connectivity index (χ0v) is 12.0. The van der Waals surface area contributed by atoms with Crippen molar-refractivity contribution in [1.82, 2.24) is 5.32 Å².